The van der Waals surface area contributed by atoms with Gasteiger partial charge in [0.15, 0.2) is 0 Å². The number of carbonyl (C=O) groups excluding carboxylic acids is 1. The highest BCUT2D eigenvalue weighted by Gasteiger charge is 2.14. The maximum absolute atomic E-state index is 12.4. The van der Waals surface area contributed by atoms with Gasteiger partial charge < -0.3 is 15.4 Å². The molecule has 0 atom stereocenters. The van der Waals surface area contributed by atoms with Crippen molar-refractivity contribution in [3.8, 4) is 5.75 Å². The molecule has 27 heavy (non-hydrogen) atoms. The van der Waals surface area contributed by atoms with Gasteiger partial charge in [-0.05, 0) is 62.5 Å². The molecule has 0 fully saturated rings. The van der Waals surface area contributed by atoms with Crippen molar-refractivity contribution >= 4 is 34.0 Å². The number of likely N-dealkylation sites (N-methyl/N-ethyl adjacent to an activating group) is 1. The molecule has 2 rings (SSSR count). The van der Waals surface area contributed by atoms with Crippen molar-refractivity contribution in [1.82, 2.24) is 10.6 Å². The molecule has 0 heterocycles. The summed E-state index contributed by atoms with van der Waals surface area (Å²) >= 11 is 0. The van der Waals surface area contributed by atoms with Gasteiger partial charge in [-0.3, -0.25) is 9.52 Å². The molecule has 0 saturated heterocycles. The van der Waals surface area contributed by atoms with Gasteiger partial charge in [0.1, 0.15) is 5.75 Å². The zero-order chi connectivity index (χ0) is 19.0. The van der Waals surface area contributed by atoms with Crippen molar-refractivity contribution in [3.05, 3.63) is 54.1 Å². The first-order valence-electron chi connectivity index (χ1n) is 8.25. The normalized spacial score (nSPS) is 10.6. The molecule has 3 N–H and O–H groups in total. The lowest BCUT2D eigenvalue weighted by molar-refractivity contribution is 0.0954. The minimum absolute atomic E-state index is 0. The summed E-state index contributed by atoms with van der Waals surface area (Å²) in [5.41, 5.74) is 0.843. The Balaban J connectivity index is 0.00000364. The van der Waals surface area contributed by atoms with Crippen LogP contribution in [-0.4, -0.2) is 41.1 Å². The molecule has 0 aliphatic heterocycles. The molecule has 2 aromatic carbocycles. The van der Waals surface area contributed by atoms with Crippen LogP contribution in [-0.2, 0) is 10.0 Å². The fourth-order valence-corrected chi connectivity index (χ4v) is 3.25. The highest BCUT2D eigenvalue weighted by atomic mass is 35.5. The molecular weight excluding hydrogens is 390 g/mol. The van der Waals surface area contributed by atoms with Crippen LogP contribution in [0.3, 0.4) is 0 Å². The highest BCUT2D eigenvalue weighted by molar-refractivity contribution is 7.92. The summed E-state index contributed by atoms with van der Waals surface area (Å²) in [6.07, 6.45) is 0. The van der Waals surface area contributed by atoms with Crippen LogP contribution in [0.5, 0.6) is 5.75 Å². The molecule has 1 amide bonds. The van der Waals surface area contributed by atoms with Gasteiger partial charge in [0.2, 0.25) is 0 Å². The van der Waals surface area contributed by atoms with Crippen molar-refractivity contribution in [1.29, 1.82) is 0 Å². The predicted octanol–water partition coefficient (Wildman–Crippen LogP) is 2.26. The standard InChI is InChI=1S/C18H23N3O4S.ClH/c1-3-25-16-8-10-17(11-9-16)26(23,24)21-15-6-4-14(5-7-15)18(22)20-13-12-19-2;/h4-11,19,21H,3,12-13H2,1-2H3,(H,20,22);1H. The summed E-state index contributed by atoms with van der Waals surface area (Å²) < 4.78 is 32.7. The zero-order valence-corrected chi connectivity index (χ0v) is 16.8. The van der Waals surface area contributed by atoms with Crippen LogP contribution in [0.15, 0.2) is 53.4 Å². The third-order valence-electron chi connectivity index (χ3n) is 3.50. The lowest BCUT2D eigenvalue weighted by Crippen LogP contribution is -2.30. The summed E-state index contributed by atoms with van der Waals surface area (Å²) in [6.45, 7) is 3.56. The van der Waals surface area contributed by atoms with Crippen molar-refractivity contribution in [2.45, 2.75) is 11.8 Å². The first kappa shape index (κ1) is 22.8. The molecule has 0 aliphatic carbocycles. The fraction of sp³-hybridized carbons (Fsp3) is 0.278. The van der Waals surface area contributed by atoms with Gasteiger partial charge in [-0.15, -0.1) is 12.4 Å². The Hall–Kier alpha value is -2.29. The number of sulfonamides is 1. The van der Waals surface area contributed by atoms with E-state index in [0.717, 1.165) is 0 Å². The molecule has 0 radical (unpaired) electrons. The first-order valence-corrected chi connectivity index (χ1v) is 9.73. The fourth-order valence-electron chi connectivity index (χ4n) is 2.19. The van der Waals surface area contributed by atoms with E-state index in [4.69, 9.17) is 4.74 Å². The van der Waals surface area contributed by atoms with Gasteiger partial charge in [-0.25, -0.2) is 8.42 Å². The molecule has 0 saturated carbocycles. The Bertz CT molecular complexity index is 825. The van der Waals surface area contributed by atoms with Crippen LogP contribution < -0.4 is 20.1 Å². The second-order valence-electron chi connectivity index (χ2n) is 5.45. The van der Waals surface area contributed by atoms with Crippen LogP contribution in [0, 0.1) is 0 Å². The molecule has 0 unspecified atom stereocenters. The summed E-state index contributed by atoms with van der Waals surface area (Å²) in [6, 6.07) is 12.4. The van der Waals surface area contributed by atoms with Gasteiger partial charge in [-0.2, -0.15) is 0 Å². The largest absolute Gasteiger partial charge is 0.494 e. The van der Waals surface area contributed by atoms with Gasteiger partial charge in [0, 0.05) is 24.3 Å². The van der Waals surface area contributed by atoms with E-state index >= 15 is 0 Å². The number of hydrogen-bond acceptors (Lipinski definition) is 5. The zero-order valence-electron chi connectivity index (χ0n) is 15.2. The number of ether oxygens (including phenoxy) is 1. The van der Waals surface area contributed by atoms with E-state index in [-0.39, 0.29) is 23.2 Å². The average molecular weight is 414 g/mol. The quantitative estimate of drug-likeness (QED) is 0.548. The van der Waals surface area contributed by atoms with Gasteiger partial charge in [0.25, 0.3) is 15.9 Å². The molecule has 7 nitrogen and oxygen atoms in total. The summed E-state index contributed by atoms with van der Waals surface area (Å²) in [7, 11) is -1.91. The highest BCUT2D eigenvalue weighted by Crippen LogP contribution is 2.19. The van der Waals surface area contributed by atoms with Gasteiger partial charge in [0.05, 0.1) is 11.5 Å². The lowest BCUT2D eigenvalue weighted by Gasteiger charge is -2.10. The number of amides is 1. The molecular formula is C18H24ClN3O4S. The van der Waals surface area contributed by atoms with Gasteiger partial charge >= 0.3 is 0 Å². The second-order valence-corrected chi connectivity index (χ2v) is 7.13. The van der Waals surface area contributed by atoms with E-state index in [2.05, 4.69) is 15.4 Å². The Labute approximate surface area is 166 Å². The van der Waals surface area contributed by atoms with Crippen LogP contribution in [0.25, 0.3) is 0 Å². The van der Waals surface area contributed by atoms with Crippen LogP contribution >= 0.6 is 12.4 Å². The molecule has 148 valence electrons. The van der Waals surface area contributed by atoms with E-state index in [1.54, 1.807) is 43.4 Å². The van der Waals surface area contributed by atoms with Crippen LogP contribution in [0.2, 0.25) is 0 Å². The Kier molecular flexibility index (Phi) is 9.07. The number of carbonyl (C=O) groups is 1. The maximum Gasteiger partial charge on any atom is 0.261 e. The maximum atomic E-state index is 12.4. The van der Waals surface area contributed by atoms with E-state index < -0.39 is 10.0 Å². The first-order chi connectivity index (χ1) is 12.5. The average Bonchev–Trinajstić information content (AvgIpc) is 2.63. The third-order valence-corrected chi connectivity index (χ3v) is 4.90. The van der Waals surface area contributed by atoms with E-state index in [1.807, 2.05) is 6.92 Å². The number of benzene rings is 2. The van der Waals surface area contributed by atoms with Crippen molar-refractivity contribution in [3.63, 3.8) is 0 Å². The number of hydrogen-bond donors (Lipinski definition) is 3. The van der Waals surface area contributed by atoms with Gasteiger partial charge in [-0.1, -0.05) is 0 Å². The summed E-state index contributed by atoms with van der Waals surface area (Å²) in [5.74, 6) is 0.404. The molecule has 0 spiro atoms. The third kappa shape index (κ3) is 6.74. The summed E-state index contributed by atoms with van der Waals surface area (Å²) in [4.78, 5) is 12.1. The van der Waals surface area contributed by atoms with Crippen molar-refractivity contribution < 1.29 is 17.9 Å². The van der Waals surface area contributed by atoms with Crippen LogP contribution in [0.4, 0.5) is 5.69 Å². The lowest BCUT2D eigenvalue weighted by atomic mass is 10.2. The number of nitrogens with one attached hydrogen (secondary N) is 3. The smallest absolute Gasteiger partial charge is 0.261 e. The molecule has 0 aromatic heterocycles. The van der Waals surface area contributed by atoms with Crippen LogP contribution in [0.1, 0.15) is 17.3 Å². The monoisotopic (exact) mass is 413 g/mol. The Morgan fingerprint density at radius 3 is 2.19 bits per heavy atom. The van der Waals surface area contributed by atoms with E-state index in [0.29, 0.717) is 36.7 Å². The summed E-state index contributed by atoms with van der Waals surface area (Å²) in [5, 5.41) is 5.69. The topological polar surface area (TPSA) is 96.5 Å². The molecule has 2 aromatic rings. The number of halogens is 1. The Morgan fingerprint density at radius 2 is 1.63 bits per heavy atom. The molecule has 9 heteroatoms. The van der Waals surface area contributed by atoms with E-state index in [1.165, 1.54) is 12.1 Å². The minimum atomic E-state index is -3.71. The number of anilines is 1. The predicted molar refractivity (Wildman–Crippen MR) is 108 cm³/mol. The number of rotatable bonds is 9. The Morgan fingerprint density at radius 1 is 1.00 bits per heavy atom. The van der Waals surface area contributed by atoms with E-state index in [9.17, 15) is 13.2 Å². The molecule has 0 bridgehead atoms. The SMILES string of the molecule is CCOc1ccc(S(=O)(=O)Nc2ccc(C(=O)NCCNC)cc2)cc1.Cl. The van der Waals surface area contributed by atoms with Crippen molar-refractivity contribution in [2.24, 2.45) is 0 Å². The van der Waals surface area contributed by atoms with Crippen molar-refractivity contribution in [2.75, 3.05) is 31.5 Å². The minimum Gasteiger partial charge on any atom is -0.494 e. The molecule has 0 aliphatic rings. The second kappa shape index (κ2) is 10.8.